The highest BCUT2D eigenvalue weighted by atomic mass is 15.3. The average molecular weight is 271 g/mol. The maximum absolute atomic E-state index is 4.55. The molecule has 0 spiro atoms. The second kappa shape index (κ2) is 4.72. The summed E-state index contributed by atoms with van der Waals surface area (Å²) >= 11 is 0. The topological polar surface area (TPSA) is 46.8 Å². The Morgan fingerprint density at radius 1 is 1.15 bits per heavy atom. The highest BCUT2D eigenvalue weighted by Gasteiger charge is 2.40. The van der Waals surface area contributed by atoms with Gasteiger partial charge in [0.2, 0.25) is 0 Å². The van der Waals surface area contributed by atoms with E-state index < -0.39 is 0 Å². The molecule has 20 heavy (non-hydrogen) atoms. The van der Waals surface area contributed by atoms with Crippen LogP contribution in [0.4, 0.5) is 5.82 Å². The number of hydrogen-bond acceptors (Lipinski definition) is 4. The summed E-state index contributed by atoms with van der Waals surface area (Å²) in [6.45, 7) is 4.17. The van der Waals surface area contributed by atoms with Gasteiger partial charge in [-0.15, -0.1) is 0 Å². The predicted molar refractivity (Wildman–Crippen MR) is 78.7 cm³/mol. The van der Waals surface area contributed by atoms with Crippen LogP contribution < -0.4 is 4.90 Å². The number of imidazole rings is 1. The van der Waals surface area contributed by atoms with E-state index in [4.69, 9.17) is 0 Å². The van der Waals surface area contributed by atoms with E-state index in [2.05, 4.69) is 31.3 Å². The quantitative estimate of drug-likeness (QED) is 0.842. The molecule has 3 heterocycles. The zero-order chi connectivity index (χ0) is 13.5. The molecule has 1 saturated heterocycles. The first-order valence-corrected chi connectivity index (χ1v) is 7.81. The third-order valence-electron chi connectivity index (χ3n) is 4.95. The van der Waals surface area contributed by atoms with Crippen molar-refractivity contribution in [1.29, 1.82) is 0 Å². The summed E-state index contributed by atoms with van der Waals surface area (Å²) in [6, 6.07) is 0.683. The van der Waals surface area contributed by atoms with Gasteiger partial charge in [0.1, 0.15) is 6.33 Å². The van der Waals surface area contributed by atoms with E-state index in [1.165, 1.54) is 32.1 Å². The van der Waals surface area contributed by atoms with E-state index >= 15 is 0 Å². The van der Waals surface area contributed by atoms with Crippen LogP contribution >= 0.6 is 0 Å². The Hall–Kier alpha value is -1.65. The van der Waals surface area contributed by atoms with Crippen molar-refractivity contribution in [1.82, 2.24) is 19.5 Å². The van der Waals surface area contributed by atoms with Crippen LogP contribution in [0.2, 0.25) is 0 Å². The van der Waals surface area contributed by atoms with Gasteiger partial charge in [-0.2, -0.15) is 0 Å². The lowest BCUT2D eigenvalue weighted by atomic mass is 9.84. The third kappa shape index (κ3) is 1.72. The third-order valence-corrected chi connectivity index (χ3v) is 4.95. The summed E-state index contributed by atoms with van der Waals surface area (Å²) in [5, 5.41) is 0. The van der Waals surface area contributed by atoms with Crippen molar-refractivity contribution >= 4 is 17.0 Å². The Balaban J connectivity index is 1.70. The fraction of sp³-hybridized carbons (Fsp3) is 0.667. The number of anilines is 1. The van der Waals surface area contributed by atoms with Gasteiger partial charge < -0.3 is 9.47 Å². The van der Waals surface area contributed by atoms with E-state index in [1.807, 2.05) is 6.33 Å². The van der Waals surface area contributed by atoms with Gasteiger partial charge in [0.25, 0.3) is 0 Å². The smallest absolute Gasteiger partial charge is 0.165 e. The molecule has 2 aliphatic rings. The Kier molecular flexibility index (Phi) is 2.86. The van der Waals surface area contributed by atoms with Crippen LogP contribution in [0.25, 0.3) is 11.2 Å². The molecule has 1 aliphatic carbocycles. The highest BCUT2D eigenvalue weighted by molar-refractivity contribution is 5.84. The minimum atomic E-state index is 0.683. The predicted octanol–water partition coefficient (Wildman–Crippen LogP) is 2.62. The summed E-state index contributed by atoms with van der Waals surface area (Å²) in [5.74, 6) is 1.92. The van der Waals surface area contributed by atoms with Crippen molar-refractivity contribution < 1.29 is 0 Å². The fourth-order valence-electron chi connectivity index (χ4n) is 3.79. The van der Waals surface area contributed by atoms with E-state index in [-0.39, 0.29) is 0 Å². The molecule has 2 fully saturated rings. The van der Waals surface area contributed by atoms with Gasteiger partial charge in [-0.25, -0.2) is 15.0 Å². The van der Waals surface area contributed by atoms with Crippen LogP contribution in [0.5, 0.6) is 0 Å². The fourth-order valence-corrected chi connectivity index (χ4v) is 3.79. The van der Waals surface area contributed by atoms with Crippen molar-refractivity contribution in [2.75, 3.05) is 11.4 Å². The summed E-state index contributed by atoms with van der Waals surface area (Å²) in [7, 11) is 0. The Bertz CT molecular complexity index is 620. The van der Waals surface area contributed by atoms with Crippen molar-refractivity contribution in [3.05, 3.63) is 12.7 Å². The number of aromatic nitrogens is 4. The Morgan fingerprint density at radius 3 is 2.95 bits per heavy atom. The largest absolute Gasteiger partial charge is 0.351 e. The standard InChI is InChI=1S/C15H21N5/c1-2-19-10-18-13-14(19)16-9-17-15(13)20-8-11-6-4-3-5-7-12(11)20/h9-12H,2-8H2,1H3/t11-,12-/m1/s1. The van der Waals surface area contributed by atoms with Gasteiger partial charge in [0.05, 0.1) is 6.33 Å². The van der Waals surface area contributed by atoms with Crippen molar-refractivity contribution in [3.8, 4) is 0 Å². The first-order valence-electron chi connectivity index (χ1n) is 7.81. The zero-order valence-electron chi connectivity index (χ0n) is 12.0. The maximum atomic E-state index is 4.55. The zero-order valence-corrected chi connectivity index (χ0v) is 12.0. The number of nitrogens with zero attached hydrogens (tertiary/aromatic N) is 5. The summed E-state index contributed by atoms with van der Waals surface area (Å²) < 4.78 is 2.09. The van der Waals surface area contributed by atoms with Gasteiger partial charge in [-0.05, 0) is 25.7 Å². The number of fused-ring (bicyclic) bond motifs is 2. The molecule has 1 aliphatic heterocycles. The van der Waals surface area contributed by atoms with E-state index in [9.17, 15) is 0 Å². The summed E-state index contributed by atoms with van der Waals surface area (Å²) in [4.78, 5) is 16.0. The lowest BCUT2D eigenvalue weighted by molar-refractivity contribution is 0.275. The van der Waals surface area contributed by atoms with Gasteiger partial charge in [0.15, 0.2) is 17.0 Å². The molecule has 5 nitrogen and oxygen atoms in total. The highest BCUT2D eigenvalue weighted by Crippen LogP contribution is 2.40. The molecule has 2 aromatic rings. The maximum Gasteiger partial charge on any atom is 0.165 e. The number of rotatable bonds is 2. The second-order valence-corrected chi connectivity index (χ2v) is 6.02. The molecule has 0 bridgehead atoms. The van der Waals surface area contributed by atoms with Gasteiger partial charge in [-0.1, -0.05) is 19.3 Å². The minimum Gasteiger partial charge on any atom is -0.351 e. The molecule has 0 unspecified atom stereocenters. The molecule has 2 aromatic heterocycles. The van der Waals surface area contributed by atoms with Gasteiger partial charge >= 0.3 is 0 Å². The Morgan fingerprint density at radius 2 is 2.05 bits per heavy atom. The van der Waals surface area contributed by atoms with Crippen LogP contribution in [-0.4, -0.2) is 32.1 Å². The van der Waals surface area contributed by atoms with E-state index in [0.717, 1.165) is 36.0 Å². The van der Waals surface area contributed by atoms with Gasteiger partial charge in [-0.3, -0.25) is 0 Å². The minimum absolute atomic E-state index is 0.683. The molecule has 1 saturated carbocycles. The van der Waals surface area contributed by atoms with Crippen LogP contribution in [0.15, 0.2) is 12.7 Å². The Labute approximate surface area is 119 Å². The number of hydrogen-bond donors (Lipinski definition) is 0. The molecule has 106 valence electrons. The molecular formula is C15H21N5. The summed E-state index contributed by atoms with van der Waals surface area (Å²) in [6.07, 6.45) is 10.4. The van der Waals surface area contributed by atoms with Crippen LogP contribution in [0.3, 0.4) is 0 Å². The molecular weight excluding hydrogens is 250 g/mol. The van der Waals surface area contributed by atoms with E-state index in [0.29, 0.717) is 6.04 Å². The monoisotopic (exact) mass is 271 g/mol. The number of aryl methyl sites for hydroxylation is 1. The lowest BCUT2D eigenvalue weighted by Gasteiger charge is -2.48. The molecule has 0 aromatic carbocycles. The molecule has 0 N–H and O–H groups in total. The lowest BCUT2D eigenvalue weighted by Crippen LogP contribution is -2.56. The second-order valence-electron chi connectivity index (χ2n) is 6.02. The van der Waals surface area contributed by atoms with Crippen LogP contribution in [-0.2, 0) is 6.54 Å². The molecule has 5 heteroatoms. The first kappa shape index (κ1) is 12.1. The molecule has 2 atom stereocenters. The van der Waals surface area contributed by atoms with Crippen LogP contribution in [0, 0.1) is 5.92 Å². The van der Waals surface area contributed by atoms with E-state index in [1.54, 1.807) is 6.33 Å². The summed E-state index contributed by atoms with van der Waals surface area (Å²) in [5.41, 5.74) is 1.94. The van der Waals surface area contributed by atoms with Gasteiger partial charge in [0, 0.05) is 19.1 Å². The van der Waals surface area contributed by atoms with Crippen LogP contribution in [0.1, 0.15) is 39.0 Å². The normalized spacial score (nSPS) is 26.1. The average Bonchev–Trinajstić information content (AvgIpc) is 2.79. The molecule has 0 amide bonds. The van der Waals surface area contributed by atoms with Crippen molar-refractivity contribution in [2.24, 2.45) is 5.92 Å². The molecule has 4 rings (SSSR count). The van der Waals surface area contributed by atoms with Crippen molar-refractivity contribution in [2.45, 2.75) is 51.6 Å². The first-order chi connectivity index (χ1) is 9.88. The van der Waals surface area contributed by atoms with Crippen molar-refractivity contribution in [3.63, 3.8) is 0 Å². The molecule has 0 radical (unpaired) electrons. The SMILES string of the molecule is CCn1cnc2c(N3C[C@H]4CCCCC[C@H]43)ncnc21.